The maximum atomic E-state index is 11.1. The molecule has 1 heterocycles. The molecule has 0 N–H and O–H groups in total. The highest BCUT2D eigenvalue weighted by Crippen LogP contribution is 2.31. The number of hydrogen-bond acceptors (Lipinski definition) is 5. The molecule has 0 bridgehead atoms. The average molecular weight is 278 g/mol. The lowest BCUT2D eigenvalue weighted by molar-refractivity contribution is 0.120. The first-order chi connectivity index (χ1) is 9.20. The molecule has 0 fully saturated rings. The van der Waals surface area contributed by atoms with Crippen molar-refractivity contribution in [3.63, 3.8) is 0 Å². The number of methoxy groups -OCH3 is 1. The standard InChI is InChI=1S/C13H14N2O3S/c1-15-12(11(8-14-15)18-13(16)17-2)19-9-10-6-4-3-5-7-10/h3-8H,9H2,1-2H3. The number of thioether (sulfide) groups is 1. The molecule has 0 aliphatic rings. The molecule has 1 aromatic carbocycles. The molecule has 2 rings (SSSR count). The average Bonchev–Trinajstić information content (AvgIpc) is 2.78. The summed E-state index contributed by atoms with van der Waals surface area (Å²) >= 11 is 1.55. The van der Waals surface area contributed by atoms with E-state index in [-0.39, 0.29) is 0 Å². The van der Waals surface area contributed by atoms with Crippen LogP contribution in [0.3, 0.4) is 0 Å². The van der Waals surface area contributed by atoms with Crippen molar-refractivity contribution in [3.05, 3.63) is 42.1 Å². The second kappa shape index (κ2) is 6.29. The topological polar surface area (TPSA) is 53.4 Å². The van der Waals surface area contributed by atoms with Crippen LogP contribution in [0.5, 0.6) is 5.75 Å². The Balaban J connectivity index is 2.07. The van der Waals surface area contributed by atoms with E-state index in [1.165, 1.54) is 18.9 Å². The lowest BCUT2D eigenvalue weighted by Crippen LogP contribution is -2.07. The Labute approximate surface area is 115 Å². The van der Waals surface area contributed by atoms with Gasteiger partial charge in [-0.2, -0.15) is 5.10 Å². The molecule has 0 amide bonds. The van der Waals surface area contributed by atoms with Gasteiger partial charge >= 0.3 is 6.16 Å². The zero-order valence-electron chi connectivity index (χ0n) is 10.7. The number of benzene rings is 1. The Kier molecular flexibility index (Phi) is 4.46. The fraction of sp³-hybridized carbons (Fsp3) is 0.231. The summed E-state index contributed by atoms with van der Waals surface area (Å²) in [6.45, 7) is 0. The van der Waals surface area contributed by atoms with Gasteiger partial charge in [-0.1, -0.05) is 42.1 Å². The van der Waals surface area contributed by atoms with E-state index in [1.54, 1.807) is 23.5 Å². The van der Waals surface area contributed by atoms with Gasteiger partial charge in [0.05, 0.1) is 13.3 Å². The van der Waals surface area contributed by atoms with E-state index in [9.17, 15) is 4.79 Å². The molecule has 0 saturated heterocycles. The third-order valence-electron chi connectivity index (χ3n) is 2.43. The van der Waals surface area contributed by atoms with Crippen molar-refractivity contribution in [1.29, 1.82) is 0 Å². The van der Waals surface area contributed by atoms with Crippen molar-refractivity contribution in [3.8, 4) is 5.75 Å². The molecule has 6 heteroatoms. The first kappa shape index (κ1) is 13.5. The Morgan fingerprint density at radius 1 is 1.37 bits per heavy atom. The predicted octanol–water partition coefficient (Wildman–Crippen LogP) is 2.86. The molecule has 19 heavy (non-hydrogen) atoms. The zero-order valence-corrected chi connectivity index (χ0v) is 11.5. The van der Waals surface area contributed by atoms with Gasteiger partial charge in [0.2, 0.25) is 0 Å². The molecule has 100 valence electrons. The van der Waals surface area contributed by atoms with Gasteiger partial charge in [0.1, 0.15) is 5.03 Å². The van der Waals surface area contributed by atoms with E-state index in [4.69, 9.17) is 4.74 Å². The molecule has 0 spiro atoms. The summed E-state index contributed by atoms with van der Waals surface area (Å²) < 4.78 is 11.2. The van der Waals surface area contributed by atoms with E-state index in [0.29, 0.717) is 5.75 Å². The molecule has 5 nitrogen and oxygen atoms in total. The lowest BCUT2D eigenvalue weighted by Gasteiger charge is -2.05. The summed E-state index contributed by atoms with van der Waals surface area (Å²) in [6.07, 6.45) is 0.763. The van der Waals surface area contributed by atoms with E-state index in [1.807, 2.05) is 30.3 Å². The molecule has 0 atom stereocenters. The number of carbonyl (C=O) groups excluding carboxylic acids is 1. The van der Waals surface area contributed by atoms with Crippen LogP contribution in [0.4, 0.5) is 4.79 Å². The van der Waals surface area contributed by atoms with Gasteiger partial charge < -0.3 is 9.47 Å². The fourth-order valence-corrected chi connectivity index (χ4v) is 2.46. The van der Waals surface area contributed by atoms with E-state index < -0.39 is 6.16 Å². The van der Waals surface area contributed by atoms with Crippen LogP contribution in [0.15, 0.2) is 41.6 Å². The Bertz CT molecular complexity index is 554. The second-order valence-corrected chi connectivity index (χ2v) is 4.73. The van der Waals surface area contributed by atoms with Crippen LogP contribution in [-0.2, 0) is 17.5 Å². The van der Waals surface area contributed by atoms with Crippen molar-refractivity contribution in [2.45, 2.75) is 10.8 Å². The summed E-state index contributed by atoms with van der Waals surface area (Å²) in [5, 5.41) is 4.87. The minimum absolute atomic E-state index is 0.412. The third kappa shape index (κ3) is 3.51. The molecule has 0 aliphatic heterocycles. The van der Waals surface area contributed by atoms with Crippen LogP contribution in [-0.4, -0.2) is 23.0 Å². The van der Waals surface area contributed by atoms with Gasteiger partial charge in [0.15, 0.2) is 5.75 Å². The second-order valence-electron chi connectivity index (χ2n) is 3.77. The number of ether oxygens (including phenoxy) is 2. The molecular weight excluding hydrogens is 264 g/mol. The van der Waals surface area contributed by atoms with Crippen LogP contribution in [0.25, 0.3) is 0 Å². The number of carbonyl (C=O) groups is 1. The highest BCUT2D eigenvalue weighted by Gasteiger charge is 2.14. The van der Waals surface area contributed by atoms with Crippen LogP contribution in [0.1, 0.15) is 5.56 Å². The zero-order chi connectivity index (χ0) is 13.7. The summed E-state index contributed by atoms with van der Waals surface area (Å²) in [7, 11) is 3.08. The predicted molar refractivity (Wildman–Crippen MR) is 72.2 cm³/mol. The van der Waals surface area contributed by atoms with E-state index in [2.05, 4.69) is 9.84 Å². The van der Waals surface area contributed by atoms with Crippen LogP contribution in [0, 0.1) is 0 Å². The van der Waals surface area contributed by atoms with Crippen LogP contribution >= 0.6 is 11.8 Å². The molecule has 1 aromatic heterocycles. The first-order valence-electron chi connectivity index (χ1n) is 5.65. The van der Waals surface area contributed by atoms with Crippen molar-refractivity contribution >= 4 is 17.9 Å². The van der Waals surface area contributed by atoms with Gasteiger partial charge in [-0.25, -0.2) is 4.79 Å². The van der Waals surface area contributed by atoms with E-state index in [0.717, 1.165) is 10.8 Å². The first-order valence-corrected chi connectivity index (χ1v) is 6.64. The number of hydrogen-bond donors (Lipinski definition) is 0. The molecular formula is C13H14N2O3S. The van der Waals surface area contributed by atoms with Gasteiger partial charge in [0.25, 0.3) is 0 Å². The molecule has 0 unspecified atom stereocenters. The monoisotopic (exact) mass is 278 g/mol. The number of aryl methyl sites for hydroxylation is 1. The molecule has 0 saturated carbocycles. The summed E-state index contributed by atoms with van der Waals surface area (Å²) in [6, 6.07) is 10.1. The van der Waals surface area contributed by atoms with Crippen molar-refractivity contribution in [2.75, 3.05) is 7.11 Å². The highest BCUT2D eigenvalue weighted by atomic mass is 32.2. The summed E-state index contributed by atoms with van der Waals surface area (Å²) in [5.41, 5.74) is 1.19. The molecule has 2 aromatic rings. The Morgan fingerprint density at radius 3 is 2.79 bits per heavy atom. The van der Waals surface area contributed by atoms with Gasteiger partial charge in [-0.3, -0.25) is 4.68 Å². The Morgan fingerprint density at radius 2 is 2.11 bits per heavy atom. The number of rotatable bonds is 4. The largest absolute Gasteiger partial charge is 0.513 e. The normalized spacial score (nSPS) is 10.2. The maximum absolute atomic E-state index is 11.1. The summed E-state index contributed by atoms with van der Waals surface area (Å²) in [5.74, 6) is 1.19. The number of nitrogens with zero attached hydrogens (tertiary/aromatic N) is 2. The number of aromatic nitrogens is 2. The highest BCUT2D eigenvalue weighted by molar-refractivity contribution is 7.98. The molecule has 0 radical (unpaired) electrons. The van der Waals surface area contributed by atoms with Crippen molar-refractivity contribution in [2.24, 2.45) is 7.05 Å². The van der Waals surface area contributed by atoms with Crippen LogP contribution in [0.2, 0.25) is 0 Å². The van der Waals surface area contributed by atoms with Gasteiger partial charge in [-0.05, 0) is 5.56 Å². The minimum Gasteiger partial charge on any atom is -0.437 e. The fourth-order valence-electron chi connectivity index (χ4n) is 1.50. The van der Waals surface area contributed by atoms with Crippen molar-refractivity contribution in [1.82, 2.24) is 9.78 Å². The molecule has 0 aliphatic carbocycles. The van der Waals surface area contributed by atoms with Gasteiger partial charge in [-0.15, -0.1) is 0 Å². The van der Waals surface area contributed by atoms with Crippen molar-refractivity contribution < 1.29 is 14.3 Å². The SMILES string of the molecule is COC(=O)Oc1cnn(C)c1SCc1ccccc1. The lowest BCUT2D eigenvalue weighted by atomic mass is 10.2. The smallest absolute Gasteiger partial charge is 0.437 e. The maximum Gasteiger partial charge on any atom is 0.513 e. The van der Waals surface area contributed by atoms with Gasteiger partial charge in [0, 0.05) is 12.8 Å². The Hall–Kier alpha value is -1.95. The third-order valence-corrected chi connectivity index (χ3v) is 3.65. The summed E-state index contributed by atoms with van der Waals surface area (Å²) in [4.78, 5) is 11.1. The van der Waals surface area contributed by atoms with Crippen LogP contribution < -0.4 is 4.74 Å². The quantitative estimate of drug-likeness (QED) is 0.636. The minimum atomic E-state index is -0.741. The van der Waals surface area contributed by atoms with E-state index >= 15 is 0 Å².